The number of rotatable bonds is 6. The van der Waals surface area contributed by atoms with E-state index in [0.717, 1.165) is 31.4 Å². The summed E-state index contributed by atoms with van der Waals surface area (Å²) in [7, 11) is 0. The minimum Gasteiger partial charge on any atom is -0.466 e. The van der Waals surface area contributed by atoms with Gasteiger partial charge in [0.25, 0.3) is 0 Å². The molecule has 1 aliphatic rings. The second-order valence-electron chi connectivity index (χ2n) is 7.01. The number of carbonyl (C=O) groups is 1. The molecule has 0 radical (unpaired) electrons. The fraction of sp³-hybridized carbons (Fsp3) is 0.476. The zero-order chi connectivity index (χ0) is 19.2. The van der Waals surface area contributed by atoms with Crippen LogP contribution in [0.1, 0.15) is 67.7 Å². The molecule has 1 aromatic heterocycles. The van der Waals surface area contributed by atoms with Gasteiger partial charge in [0, 0.05) is 24.4 Å². The van der Waals surface area contributed by atoms with Gasteiger partial charge in [0.1, 0.15) is 0 Å². The monoisotopic (exact) mass is 367 g/mol. The minimum atomic E-state index is -0.277. The maximum absolute atomic E-state index is 12.1. The van der Waals surface area contributed by atoms with Crippen LogP contribution >= 0.6 is 0 Å². The summed E-state index contributed by atoms with van der Waals surface area (Å²) in [5.74, 6) is 0.537. The van der Waals surface area contributed by atoms with Gasteiger partial charge in [0.05, 0.1) is 24.7 Å². The third kappa shape index (κ3) is 4.48. The predicted octanol–water partition coefficient (Wildman–Crippen LogP) is 3.44. The molecule has 0 atom stereocenters. The molecular weight excluding hydrogens is 342 g/mol. The van der Waals surface area contributed by atoms with Crippen molar-refractivity contribution in [1.82, 2.24) is 9.55 Å². The fourth-order valence-electron chi connectivity index (χ4n) is 3.97. The zero-order valence-corrected chi connectivity index (χ0v) is 15.6. The number of nitriles is 1. The molecule has 0 unspecified atom stereocenters. The van der Waals surface area contributed by atoms with Crippen LogP contribution in [0.5, 0.6) is 0 Å². The van der Waals surface area contributed by atoms with Crippen LogP contribution in [0.15, 0.2) is 35.3 Å². The SMILES string of the molecule is CCOC(=O)CCn1c(C2CCC(c3ccc(C#N)cc3)CC2)c[nH]c1=O. The van der Waals surface area contributed by atoms with Crippen molar-refractivity contribution in [1.29, 1.82) is 5.26 Å². The molecule has 142 valence electrons. The van der Waals surface area contributed by atoms with Crippen LogP contribution in [0.25, 0.3) is 0 Å². The number of hydrogen-bond acceptors (Lipinski definition) is 4. The fourth-order valence-corrected chi connectivity index (χ4v) is 3.97. The van der Waals surface area contributed by atoms with E-state index in [0.29, 0.717) is 30.6 Å². The van der Waals surface area contributed by atoms with Gasteiger partial charge in [-0.3, -0.25) is 9.36 Å². The van der Waals surface area contributed by atoms with Crippen molar-refractivity contribution in [2.45, 2.75) is 57.4 Å². The second kappa shape index (κ2) is 8.72. The summed E-state index contributed by atoms with van der Waals surface area (Å²) in [5.41, 5.74) is 2.79. The summed E-state index contributed by atoms with van der Waals surface area (Å²) in [6, 6.07) is 10.0. The summed E-state index contributed by atoms with van der Waals surface area (Å²) < 4.78 is 6.64. The third-order valence-corrected chi connectivity index (χ3v) is 5.40. The van der Waals surface area contributed by atoms with Crippen molar-refractivity contribution in [2.75, 3.05) is 6.61 Å². The molecule has 1 fully saturated rings. The van der Waals surface area contributed by atoms with Gasteiger partial charge < -0.3 is 9.72 Å². The van der Waals surface area contributed by atoms with Gasteiger partial charge in [-0.05, 0) is 56.2 Å². The maximum atomic E-state index is 12.1. The van der Waals surface area contributed by atoms with E-state index < -0.39 is 0 Å². The average molecular weight is 367 g/mol. The predicted molar refractivity (Wildman–Crippen MR) is 101 cm³/mol. The topological polar surface area (TPSA) is 87.9 Å². The number of aromatic nitrogens is 2. The highest BCUT2D eigenvalue weighted by Crippen LogP contribution is 2.40. The molecule has 27 heavy (non-hydrogen) atoms. The number of carbonyl (C=O) groups excluding carboxylic acids is 1. The van der Waals surface area contributed by atoms with Crippen LogP contribution < -0.4 is 5.69 Å². The molecule has 1 N–H and O–H groups in total. The van der Waals surface area contributed by atoms with E-state index >= 15 is 0 Å². The Bertz CT molecular complexity index is 865. The molecule has 1 aromatic carbocycles. The quantitative estimate of drug-likeness (QED) is 0.792. The van der Waals surface area contributed by atoms with Crippen LogP contribution in [-0.4, -0.2) is 22.1 Å². The summed E-state index contributed by atoms with van der Waals surface area (Å²) >= 11 is 0. The molecule has 1 heterocycles. The standard InChI is InChI=1S/C21H25N3O3/c1-2-27-20(25)11-12-24-19(14-23-21(24)26)18-9-7-17(8-10-18)16-5-3-15(13-22)4-6-16/h3-6,14,17-18H,2,7-12H2,1H3,(H,23,26). The number of nitrogens with zero attached hydrogens (tertiary/aromatic N) is 2. The number of benzene rings is 1. The first kappa shape index (κ1) is 19.0. The van der Waals surface area contributed by atoms with Crippen molar-refractivity contribution in [3.05, 3.63) is 57.8 Å². The lowest BCUT2D eigenvalue weighted by atomic mass is 9.77. The smallest absolute Gasteiger partial charge is 0.325 e. The first-order valence-corrected chi connectivity index (χ1v) is 9.56. The van der Waals surface area contributed by atoms with Crippen molar-refractivity contribution >= 4 is 5.97 Å². The Balaban J connectivity index is 1.63. The summed E-state index contributed by atoms with van der Waals surface area (Å²) in [5, 5.41) is 8.93. The normalized spacial score (nSPS) is 19.4. The molecule has 1 aliphatic carbocycles. The minimum absolute atomic E-state index is 0.163. The highest BCUT2D eigenvalue weighted by molar-refractivity contribution is 5.69. The first-order chi connectivity index (χ1) is 13.1. The van der Waals surface area contributed by atoms with Crippen molar-refractivity contribution in [3.63, 3.8) is 0 Å². The van der Waals surface area contributed by atoms with Gasteiger partial charge in [0.15, 0.2) is 0 Å². The lowest BCUT2D eigenvalue weighted by molar-refractivity contribution is -0.143. The van der Waals surface area contributed by atoms with Crippen molar-refractivity contribution in [3.8, 4) is 6.07 Å². The van der Waals surface area contributed by atoms with Gasteiger partial charge >= 0.3 is 11.7 Å². The van der Waals surface area contributed by atoms with Crippen molar-refractivity contribution in [2.24, 2.45) is 0 Å². The van der Waals surface area contributed by atoms with E-state index in [2.05, 4.69) is 23.2 Å². The van der Waals surface area contributed by atoms with Crippen LogP contribution in [-0.2, 0) is 16.1 Å². The Morgan fingerprint density at radius 3 is 2.52 bits per heavy atom. The van der Waals surface area contributed by atoms with Gasteiger partial charge in [-0.2, -0.15) is 5.26 Å². The summed E-state index contributed by atoms with van der Waals surface area (Å²) in [4.78, 5) is 26.5. The van der Waals surface area contributed by atoms with Gasteiger partial charge in [-0.15, -0.1) is 0 Å². The second-order valence-corrected chi connectivity index (χ2v) is 7.01. The molecule has 0 amide bonds. The zero-order valence-electron chi connectivity index (χ0n) is 15.6. The van der Waals surface area contributed by atoms with E-state index in [4.69, 9.17) is 10.00 Å². The number of nitrogens with one attached hydrogen (secondary N) is 1. The molecule has 6 heteroatoms. The number of imidazole rings is 1. The Labute approximate surface area is 158 Å². The molecule has 0 saturated heterocycles. The molecule has 0 bridgehead atoms. The molecule has 2 aromatic rings. The van der Waals surface area contributed by atoms with Gasteiger partial charge in [-0.25, -0.2) is 4.79 Å². The van der Waals surface area contributed by atoms with E-state index in [9.17, 15) is 9.59 Å². The van der Waals surface area contributed by atoms with Crippen molar-refractivity contribution < 1.29 is 9.53 Å². The Hall–Kier alpha value is -2.81. The van der Waals surface area contributed by atoms with E-state index in [1.807, 2.05) is 12.1 Å². The average Bonchev–Trinajstić information content (AvgIpc) is 3.07. The number of ether oxygens (including phenoxy) is 1. The number of H-pyrrole nitrogens is 1. The van der Waals surface area contributed by atoms with Crippen LogP contribution in [0.4, 0.5) is 0 Å². The molecule has 0 aliphatic heterocycles. The van der Waals surface area contributed by atoms with Crippen LogP contribution in [0, 0.1) is 11.3 Å². The lowest BCUT2D eigenvalue weighted by Gasteiger charge is -2.29. The Morgan fingerprint density at radius 1 is 1.22 bits per heavy atom. The molecule has 0 spiro atoms. The van der Waals surface area contributed by atoms with Crippen LogP contribution in [0.3, 0.4) is 0 Å². The van der Waals surface area contributed by atoms with Gasteiger partial charge in [-0.1, -0.05) is 12.1 Å². The van der Waals surface area contributed by atoms with E-state index in [-0.39, 0.29) is 18.1 Å². The molecule has 6 nitrogen and oxygen atoms in total. The number of esters is 1. The number of aromatic amines is 1. The first-order valence-electron chi connectivity index (χ1n) is 9.56. The van der Waals surface area contributed by atoms with Gasteiger partial charge in [0.2, 0.25) is 0 Å². The highest BCUT2D eigenvalue weighted by Gasteiger charge is 2.26. The lowest BCUT2D eigenvalue weighted by Crippen LogP contribution is -2.24. The number of hydrogen-bond donors (Lipinski definition) is 1. The van der Waals surface area contributed by atoms with E-state index in [1.54, 1.807) is 17.7 Å². The van der Waals surface area contributed by atoms with E-state index in [1.165, 1.54) is 5.56 Å². The Kier molecular flexibility index (Phi) is 6.12. The maximum Gasteiger partial charge on any atom is 0.325 e. The van der Waals surface area contributed by atoms with Crippen LogP contribution in [0.2, 0.25) is 0 Å². The third-order valence-electron chi connectivity index (χ3n) is 5.40. The molecular formula is C21H25N3O3. The Morgan fingerprint density at radius 2 is 1.89 bits per heavy atom. The summed E-state index contributed by atoms with van der Waals surface area (Å²) in [6.07, 6.45) is 6.10. The summed E-state index contributed by atoms with van der Waals surface area (Å²) in [6.45, 7) is 2.48. The molecule has 3 rings (SSSR count). The largest absolute Gasteiger partial charge is 0.466 e. The molecule has 1 saturated carbocycles. The highest BCUT2D eigenvalue weighted by atomic mass is 16.5.